The van der Waals surface area contributed by atoms with E-state index < -0.39 is 23.9 Å². The number of unbranched alkanes of at least 4 members (excludes halogenated alkanes) is 11. The fourth-order valence-electron chi connectivity index (χ4n) is 2.67. The first-order valence-electron chi connectivity index (χ1n) is 12.0. The number of carboxylic acid groups (broad SMARTS) is 4. The second kappa shape index (κ2) is 28.9. The SMILES string of the molecule is CCCCCCCC(=O)O.CCCCCCCCCC(=O)O.O=C(O)CCCCC(=O)O. The first-order chi connectivity index (χ1) is 15.2. The van der Waals surface area contributed by atoms with Crippen molar-refractivity contribution >= 4 is 23.9 Å². The topological polar surface area (TPSA) is 149 Å². The molecule has 0 saturated heterocycles. The van der Waals surface area contributed by atoms with Crippen LogP contribution in [0.2, 0.25) is 0 Å². The van der Waals surface area contributed by atoms with Crippen molar-refractivity contribution in [1.29, 1.82) is 0 Å². The van der Waals surface area contributed by atoms with Crippen LogP contribution in [0.15, 0.2) is 0 Å². The van der Waals surface area contributed by atoms with Crippen molar-refractivity contribution in [3.8, 4) is 0 Å². The first-order valence-corrected chi connectivity index (χ1v) is 12.0. The van der Waals surface area contributed by atoms with Crippen LogP contribution in [0.4, 0.5) is 0 Å². The molecule has 0 aliphatic heterocycles. The summed E-state index contributed by atoms with van der Waals surface area (Å²) < 4.78 is 0. The number of rotatable bonds is 19. The van der Waals surface area contributed by atoms with Gasteiger partial charge in [0.2, 0.25) is 0 Å². The summed E-state index contributed by atoms with van der Waals surface area (Å²) in [4.78, 5) is 40.0. The van der Waals surface area contributed by atoms with Gasteiger partial charge in [-0.05, 0) is 25.7 Å². The van der Waals surface area contributed by atoms with Crippen molar-refractivity contribution in [3.05, 3.63) is 0 Å². The molecule has 0 spiro atoms. The van der Waals surface area contributed by atoms with Crippen LogP contribution in [0, 0.1) is 0 Å². The maximum Gasteiger partial charge on any atom is 0.303 e. The molecule has 0 bridgehead atoms. The maximum absolute atomic E-state index is 10.1. The summed E-state index contributed by atoms with van der Waals surface area (Å²) in [5, 5.41) is 32.9. The van der Waals surface area contributed by atoms with Crippen molar-refractivity contribution in [2.24, 2.45) is 0 Å². The van der Waals surface area contributed by atoms with E-state index in [0.717, 1.165) is 25.7 Å². The minimum atomic E-state index is -0.870. The van der Waals surface area contributed by atoms with Gasteiger partial charge in [-0.15, -0.1) is 0 Å². The number of carbonyl (C=O) groups is 4. The predicted molar refractivity (Wildman–Crippen MR) is 125 cm³/mol. The summed E-state index contributed by atoms with van der Waals surface area (Å²) in [5.74, 6) is -3.07. The van der Waals surface area contributed by atoms with Gasteiger partial charge in [-0.3, -0.25) is 19.2 Å². The molecule has 0 heterocycles. The first kappa shape index (κ1) is 34.5. The molecule has 0 atom stereocenters. The third kappa shape index (κ3) is 46.2. The Bertz CT molecular complexity index is 447. The van der Waals surface area contributed by atoms with Gasteiger partial charge in [0.15, 0.2) is 0 Å². The van der Waals surface area contributed by atoms with E-state index in [1.807, 2.05) is 0 Å². The standard InChI is InChI=1S/C10H20O2.C8H16O2.C6H10O4/c1-2-3-4-5-6-7-8-9-10(11)12;1-2-3-4-5-6-7-8(9)10;7-5(8)3-1-2-4-6(9)10/h2-9H2,1H3,(H,11,12);2-7H2,1H3,(H,9,10);1-4H2,(H,7,8)(H,9,10). The second-order valence-corrected chi connectivity index (χ2v) is 7.82. The summed E-state index contributed by atoms with van der Waals surface area (Å²) in [6, 6.07) is 0. The van der Waals surface area contributed by atoms with Gasteiger partial charge < -0.3 is 20.4 Å². The van der Waals surface area contributed by atoms with Gasteiger partial charge in [0.05, 0.1) is 0 Å². The van der Waals surface area contributed by atoms with Gasteiger partial charge in [0.25, 0.3) is 0 Å². The average molecular weight is 463 g/mol. The fourth-order valence-corrected chi connectivity index (χ4v) is 2.67. The number of aliphatic carboxylic acids is 4. The Morgan fingerprint density at radius 3 is 0.781 bits per heavy atom. The van der Waals surface area contributed by atoms with E-state index in [2.05, 4.69) is 13.8 Å². The van der Waals surface area contributed by atoms with Crippen molar-refractivity contribution in [2.75, 3.05) is 0 Å². The molecule has 0 aromatic rings. The van der Waals surface area contributed by atoms with Crippen LogP contribution < -0.4 is 0 Å². The molecule has 0 unspecified atom stereocenters. The zero-order valence-corrected chi connectivity index (χ0v) is 20.1. The largest absolute Gasteiger partial charge is 0.481 e. The molecule has 0 aromatic carbocycles. The molecule has 0 rings (SSSR count). The summed E-state index contributed by atoms with van der Waals surface area (Å²) >= 11 is 0. The molecule has 0 aromatic heterocycles. The third-order valence-corrected chi connectivity index (χ3v) is 4.52. The van der Waals surface area contributed by atoms with E-state index in [-0.39, 0.29) is 12.8 Å². The van der Waals surface area contributed by atoms with E-state index in [1.54, 1.807) is 0 Å². The molecule has 32 heavy (non-hydrogen) atoms. The van der Waals surface area contributed by atoms with E-state index in [0.29, 0.717) is 25.7 Å². The molecular formula is C24H46O8. The number of hydrogen-bond acceptors (Lipinski definition) is 4. The predicted octanol–water partition coefficient (Wildman–Crippen LogP) is 6.36. The highest BCUT2D eigenvalue weighted by Crippen LogP contribution is 2.08. The van der Waals surface area contributed by atoms with Crippen molar-refractivity contribution in [2.45, 2.75) is 129 Å². The van der Waals surface area contributed by atoms with Gasteiger partial charge in [-0.2, -0.15) is 0 Å². The highest BCUT2D eigenvalue weighted by atomic mass is 16.4. The summed E-state index contributed by atoms with van der Waals surface area (Å²) in [5.41, 5.74) is 0. The Hall–Kier alpha value is -2.12. The minimum Gasteiger partial charge on any atom is -0.481 e. The van der Waals surface area contributed by atoms with E-state index >= 15 is 0 Å². The van der Waals surface area contributed by atoms with Crippen LogP contribution in [0.5, 0.6) is 0 Å². The molecule has 4 N–H and O–H groups in total. The molecule has 190 valence electrons. The fraction of sp³-hybridized carbons (Fsp3) is 0.833. The lowest BCUT2D eigenvalue weighted by Crippen LogP contribution is -1.97. The molecule has 8 heteroatoms. The van der Waals surface area contributed by atoms with Gasteiger partial charge in [0, 0.05) is 25.7 Å². The van der Waals surface area contributed by atoms with Crippen LogP contribution in [0.25, 0.3) is 0 Å². The van der Waals surface area contributed by atoms with Gasteiger partial charge >= 0.3 is 23.9 Å². The monoisotopic (exact) mass is 462 g/mol. The summed E-state index contributed by atoms with van der Waals surface area (Å²) in [6.07, 6.45) is 15.5. The average Bonchev–Trinajstić information content (AvgIpc) is 2.71. The van der Waals surface area contributed by atoms with Crippen LogP contribution in [0.1, 0.15) is 129 Å². The van der Waals surface area contributed by atoms with Crippen LogP contribution >= 0.6 is 0 Å². The Kier molecular flexibility index (Phi) is 31.1. The van der Waals surface area contributed by atoms with Gasteiger partial charge in [-0.1, -0.05) is 78.1 Å². The lowest BCUT2D eigenvalue weighted by molar-refractivity contribution is -0.139. The normalized spacial score (nSPS) is 9.69. The molecule has 0 radical (unpaired) electrons. The Morgan fingerprint density at radius 2 is 0.562 bits per heavy atom. The van der Waals surface area contributed by atoms with Crippen LogP contribution in [0.3, 0.4) is 0 Å². The van der Waals surface area contributed by atoms with E-state index in [1.165, 1.54) is 51.4 Å². The third-order valence-electron chi connectivity index (χ3n) is 4.52. The van der Waals surface area contributed by atoms with E-state index in [4.69, 9.17) is 20.4 Å². The lowest BCUT2D eigenvalue weighted by Gasteiger charge is -1.98. The molecule has 0 amide bonds. The Morgan fingerprint density at radius 1 is 0.375 bits per heavy atom. The minimum absolute atomic E-state index is 0.0628. The smallest absolute Gasteiger partial charge is 0.303 e. The van der Waals surface area contributed by atoms with Crippen LogP contribution in [-0.2, 0) is 19.2 Å². The van der Waals surface area contributed by atoms with Crippen molar-refractivity contribution < 1.29 is 39.6 Å². The molecule has 0 aliphatic rings. The summed E-state index contributed by atoms with van der Waals surface area (Å²) in [6.45, 7) is 4.35. The van der Waals surface area contributed by atoms with E-state index in [9.17, 15) is 19.2 Å². The number of carboxylic acids is 4. The van der Waals surface area contributed by atoms with Crippen molar-refractivity contribution in [1.82, 2.24) is 0 Å². The second-order valence-electron chi connectivity index (χ2n) is 7.82. The van der Waals surface area contributed by atoms with Gasteiger partial charge in [0.1, 0.15) is 0 Å². The highest BCUT2D eigenvalue weighted by molar-refractivity contribution is 5.68. The summed E-state index contributed by atoms with van der Waals surface area (Å²) in [7, 11) is 0. The lowest BCUT2D eigenvalue weighted by atomic mass is 10.1. The quantitative estimate of drug-likeness (QED) is 0.162. The highest BCUT2D eigenvalue weighted by Gasteiger charge is 1.99. The molecule has 0 saturated carbocycles. The van der Waals surface area contributed by atoms with Gasteiger partial charge in [-0.25, -0.2) is 0 Å². The molecule has 0 fully saturated rings. The Balaban J connectivity index is -0.000000397. The Labute approximate surface area is 193 Å². The van der Waals surface area contributed by atoms with Crippen molar-refractivity contribution in [3.63, 3.8) is 0 Å². The molecular weight excluding hydrogens is 416 g/mol. The molecule has 8 nitrogen and oxygen atoms in total. The van der Waals surface area contributed by atoms with Crippen LogP contribution in [-0.4, -0.2) is 44.3 Å². The zero-order chi connectivity index (χ0) is 25.0. The zero-order valence-electron chi connectivity index (χ0n) is 20.1. The number of hydrogen-bond donors (Lipinski definition) is 4. The maximum atomic E-state index is 10.1. The molecule has 0 aliphatic carbocycles.